The number of hydrogen-bond acceptors (Lipinski definition) is 3. The fraction of sp³-hybridized carbons (Fsp3) is 0.0833. The second kappa shape index (κ2) is 2.98. The lowest BCUT2D eigenvalue weighted by molar-refractivity contribution is -0.105. The first kappa shape index (κ1) is 8.29. The fourth-order valence-electron chi connectivity index (χ4n) is 2.03. The van der Waals surface area contributed by atoms with Crippen LogP contribution in [0, 0.1) is 0 Å². The van der Waals surface area contributed by atoms with Crippen LogP contribution in [-0.2, 0) is 4.79 Å². The summed E-state index contributed by atoms with van der Waals surface area (Å²) in [5.41, 5.74) is 3.97. The Bertz CT molecular complexity index is 488. The number of para-hydroxylation sites is 1. The van der Waals surface area contributed by atoms with Crippen LogP contribution in [0.2, 0.25) is 0 Å². The Kier molecular flexibility index (Phi) is 1.65. The average molecular weight is 198 g/mol. The van der Waals surface area contributed by atoms with Crippen LogP contribution in [0.25, 0.3) is 6.08 Å². The van der Waals surface area contributed by atoms with E-state index in [1.807, 2.05) is 24.3 Å². The van der Waals surface area contributed by atoms with Crippen LogP contribution in [0.5, 0.6) is 0 Å². The van der Waals surface area contributed by atoms with Crippen molar-refractivity contribution in [3.05, 3.63) is 47.3 Å². The van der Waals surface area contributed by atoms with Crippen molar-refractivity contribution in [1.82, 2.24) is 5.32 Å². The molecular formula is C12H10N2O. The summed E-state index contributed by atoms with van der Waals surface area (Å²) in [5, 5.41) is 3.08. The van der Waals surface area contributed by atoms with Gasteiger partial charge in [0.25, 0.3) is 0 Å². The van der Waals surface area contributed by atoms with Gasteiger partial charge in [-0.15, -0.1) is 0 Å². The maximum absolute atomic E-state index is 10.8. The molecule has 0 saturated carbocycles. The molecule has 1 aromatic carbocycles. The number of nitrogens with one attached hydrogen (secondary N) is 1. The topological polar surface area (TPSA) is 32.3 Å². The predicted octanol–water partition coefficient (Wildman–Crippen LogP) is 1.49. The van der Waals surface area contributed by atoms with Gasteiger partial charge in [-0.3, -0.25) is 4.79 Å². The van der Waals surface area contributed by atoms with Crippen molar-refractivity contribution in [3.8, 4) is 0 Å². The molecule has 0 amide bonds. The molecule has 0 aliphatic carbocycles. The molecule has 1 aromatic rings. The molecular weight excluding hydrogens is 188 g/mol. The van der Waals surface area contributed by atoms with E-state index in [0.717, 1.165) is 17.7 Å². The van der Waals surface area contributed by atoms with Crippen molar-refractivity contribution in [1.29, 1.82) is 0 Å². The van der Waals surface area contributed by atoms with Gasteiger partial charge in [0.05, 0.1) is 23.8 Å². The van der Waals surface area contributed by atoms with Gasteiger partial charge in [0.2, 0.25) is 0 Å². The summed E-state index contributed by atoms with van der Waals surface area (Å²) in [7, 11) is 0. The first-order valence-corrected chi connectivity index (χ1v) is 4.88. The zero-order valence-corrected chi connectivity index (χ0v) is 8.10. The minimum absolute atomic E-state index is 0.667. The number of allylic oxidation sites excluding steroid dienone is 2. The first-order valence-electron chi connectivity index (χ1n) is 4.88. The van der Waals surface area contributed by atoms with Gasteiger partial charge < -0.3 is 10.2 Å². The molecule has 2 heterocycles. The van der Waals surface area contributed by atoms with Crippen molar-refractivity contribution >= 4 is 18.0 Å². The Balaban J connectivity index is 2.18. The van der Waals surface area contributed by atoms with Crippen molar-refractivity contribution in [2.24, 2.45) is 0 Å². The van der Waals surface area contributed by atoms with Crippen molar-refractivity contribution in [2.45, 2.75) is 0 Å². The lowest BCUT2D eigenvalue weighted by Crippen LogP contribution is -2.24. The lowest BCUT2D eigenvalue weighted by atomic mass is 10.1. The molecule has 0 bridgehead atoms. The molecule has 0 radical (unpaired) electrons. The summed E-state index contributed by atoms with van der Waals surface area (Å²) < 4.78 is 0. The van der Waals surface area contributed by atoms with Crippen LogP contribution < -0.4 is 10.2 Å². The van der Waals surface area contributed by atoms with Crippen LogP contribution in [0.15, 0.2) is 41.7 Å². The van der Waals surface area contributed by atoms with E-state index in [4.69, 9.17) is 0 Å². The third-order valence-corrected chi connectivity index (χ3v) is 2.76. The Morgan fingerprint density at radius 3 is 3.00 bits per heavy atom. The van der Waals surface area contributed by atoms with Gasteiger partial charge in [0.1, 0.15) is 0 Å². The van der Waals surface area contributed by atoms with E-state index in [2.05, 4.69) is 22.3 Å². The highest BCUT2D eigenvalue weighted by molar-refractivity contribution is 5.85. The molecule has 15 heavy (non-hydrogen) atoms. The fourth-order valence-corrected chi connectivity index (χ4v) is 2.03. The number of aldehydes is 1. The number of carbonyl (C=O) groups excluding carboxylic acids is 1. The molecule has 0 fully saturated rings. The van der Waals surface area contributed by atoms with Crippen molar-refractivity contribution in [3.63, 3.8) is 0 Å². The molecule has 1 N–H and O–H groups in total. The molecule has 74 valence electrons. The van der Waals surface area contributed by atoms with Crippen LogP contribution >= 0.6 is 0 Å². The number of benzene rings is 1. The summed E-state index contributed by atoms with van der Waals surface area (Å²) in [5.74, 6) is 0. The molecule has 3 rings (SSSR count). The Morgan fingerprint density at radius 2 is 2.13 bits per heavy atom. The zero-order valence-electron chi connectivity index (χ0n) is 8.10. The molecule has 0 atom stereocenters. The van der Waals surface area contributed by atoms with E-state index >= 15 is 0 Å². The average Bonchev–Trinajstić information content (AvgIpc) is 2.72. The normalized spacial score (nSPS) is 17.2. The molecule has 2 aliphatic rings. The van der Waals surface area contributed by atoms with Crippen molar-refractivity contribution in [2.75, 3.05) is 11.6 Å². The smallest absolute Gasteiger partial charge is 0.168 e. The highest BCUT2D eigenvalue weighted by Crippen LogP contribution is 2.32. The van der Waals surface area contributed by atoms with Gasteiger partial charge in [0.15, 0.2) is 6.29 Å². The van der Waals surface area contributed by atoms with Crippen molar-refractivity contribution < 1.29 is 4.79 Å². The predicted molar refractivity (Wildman–Crippen MR) is 59.0 cm³/mol. The van der Waals surface area contributed by atoms with Gasteiger partial charge in [-0.25, -0.2) is 0 Å². The number of carbonyl (C=O) groups is 1. The lowest BCUT2D eigenvalue weighted by Gasteiger charge is -2.24. The minimum atomic E-state index is 0.667. The quantitative estimate of drug-likeness (QED) is 0.694. The standard InChI is InChI=1S/C12H10N2O/c15-7-10-12-6-5-9-3-1-2-4-11(9)14(12)8-13-10/h1-7,13H,8H2. The molecule has 0 saturated heterocycles. The summed E-state index contributed by atoms with van der Waals surface area (Å²) in [6.45, 7) is 0.671. The third kappa shape index (κ3) is 1.09. The van der Waals surface area contributed by atoms with Gasteiger partial charge in [-0.05, 0) is 17.7 Å². The second-order valence-electron chi connectivity index (χ2n) is 3.57. The number of fused-ring (bicyclic) bond motifs is 3. The summed E-state index contributed by atoms with van der Waals surface area (Å²) in [6.07, 6.45) is 4.89. The highest BCUT2D eigenvalue weighted by atomic mass is 16.1. The summed E-state index contributed by atoms with van der Waals surface area (Å²) in [4.78, 5) is 12.9. The Morgan fingerprint density at radius 1 is 1.27 bits per heavy atom. The number of anilines is 1. The van der Waals surface area contributed by atoms with Gasteiger partial charge in [-0.1, -0.05) is 24.3 Å². The number of rotatable bonds is 1. The van der Waals surface area contributed by atoms with E-state index in [1.165, 1.54) is 5.56 Å². The van der Waals surface area contributed by atoms with Crippen LogP contribution in [0.3, 0.4) is 0 Å². The third-order valence-electron chi connectivity index (χ3n) is 2.76. The van der Waals surface area contributed by atoms with Gasteiger partial charge in [0, 0.05) is 0 Å². The molecule has 3 heteroatoms. The molecule has 0 aromatic heterocycles. The van der Waals surface area contributed by atoms with E-state index in [0.29, 0.717) is 12.4 Å². The molecule has 3 nitrogen and oxygen atoms in total. The van der Waals surface area contributed by atoms with E-state index < -0.39 is 0 Å². The largest absolute Gasteiger partial charge is 0.363 e. The van der Waals surface area contributed by atoms with Crippen LogP contribution in [-0.4, -0.2) is 13.0 Å². The second-order valence-corrected chi connectivity index (χ2v) is 3.57. The Labute approximate surface area is 87.7 Å². The maximum atomic E-state index is 10.8. The summed E-state index contributed by atoms with van der Waals surface area (Å²) >= 11 is 0. The van der Waals surface area contributed by atoms with E-state index in [9.17, 15) is 4.79 Å². The Hall–Kier alpha value is -2.03. The monoisotopic (exact) mass is 198 g/mol. The number of nitrogens with zero attached hydrogens (tertiary/aromatic N) is 1. The van der Waals surface area contributed by atoms with Gasteiger partial charge >= 0.3 is 0 Å². The number of hydrogen-bond donors (Lipinski definition) is 1. The highest BCUT2D eigenvalue weighted by Gasteiger charge is 2.24. The minimum Gasteiger partial charge on any atom is -0.363 e. The maximum Gasteiger partial charge on any atom is 0.168 e. The zero-order chi connectivity index (χ0) is 10.3. The van der Waals surface area contributed by atoms with Crippen LogP contribution in [0.4, 0.5) is 5.69 Å². The molecule has 0 spiro atoms. The molecule has 0 unspecified atom stereocenters. The van der Waals surface area contributed by atoms with Gasteiger partial charge in [-0.2, -0.15) is 0 Å². The first-order chi connectivity index (χ1) is 7.40. The SMILES string of the molecule is O=CC1=C2C=Cc3ccccc3N2CN1. The van der Waals surface area contributed by atoms with E-state index in [-0.39, 0.29) is 0 Å². The summed E-state index contributed by atoms with van der Waals surface area (Å²) in [6, 6.07) is 8.16. The molecule has 2 aliphatic heterocycles. The van der Waals surface area contributed by atoms with Crippen LogP contribution in [0.1, 0.15) is 5.56 Å². The van der Waals surface area contributed by atoms with E-state index in [1.54, 1.807) is 0 Å².